The molecule has 0 spiro atoms. The predicted molar refractivity (Wildman–Crippen MR) is 118 cm³/mol. The Morgan fingerprint density at radius 2 is 1.40 bits per heavy atom. The highest BCUT2D eigenvalue weighted by Crippen LogP contribution is 2.14. The second kappa shape index (κ2) is 10.7. The number of ketones is 1. The number of benzene rings is 3. The SMILES string of the molecule is CC(=O)CCc1ccc(OCC(=O)NN=C(c2ccccc2)c2ccccc2)cc1. The van der Waals surface area contributed by atoms with Gasteiger partial charge in [0.1, 0.15) is 11.5 Å². The molecule has 0 aliphatic heterocycles. The van der Waals surface area contributed by atoms with Gasteiger partial charge in [-0.15, -0.1) is 0 Å². The van der Waals surface area contributed by atoms with E-state index in [0.717, 1.165) is 16.7 Å². The molecule has 0 aliphatic rings. The maximum absolute atomic E-state index is 12.2. The number of nitrogens with zero attached hydrogens (tertiary/aromatic N) is 1. The van der Waals surface area contributed by atoms with Crippen molar-refractivity contribution in [3.63, 3.8) is 0 Å². The van der Waals surface area contributed by atoms with Crippen LogP contribution >= 0.6 is 0 Å². The molecular weight excluding hydrogens is 376 g/mol. The topological polar surface area (TPSA) is 67.8 Å². The molecule has 5 nitrogen and oxygen atoms in total. The van der Waals surface area contributed by atoms with E-state index in [1.54, 1.807) is 19.1 Å². The predicted octanol–water partition coefficient (Wildman–Crippen LogP) is 4.16. The van der Waals surface area contributed by atoms with Gasteiger partial charge in [-0.25, -0.2) is 5.43 Å². The van der Waals surface area contributed by atoms with Crippen molar-refractivity contribution in [3.8, 4) is 5.75 Å². The molecule has 0 heterocycles. The molecule has 3 aromatic rings. The highest BCUT2D eigenvalue weighted by atomic mass is 16.5. The van der Waals surface area contributed by atoms with Gasteiger partial charge in [-0.05, 0) is 31.0 Å². The average Bonchev–Trinajstić information content (AvgIpc) is 2.78. The van der Waals surface area contributed by atoms with Crippen LogP contribution in [0.3, 0.4) is 0 Å². The number of rotatable bonds is 9. The third-order valence-corrected chi connectivity index (χ3v) is 4.45. The summed E-state index contributed by atoms with van der Waals surface area (Å²) in [4.78, 5) is 23.3. The quantitative estimate of drug-likeness (QED) is 0.433. The highest BCUT2D eigenvalue weighted by Gasteiger charge is 2.08. The Morgan fingerprint density at radius 3 is 1.93 bits per heavy atom. The third-order valence-electron chi connectivity index (χ3n) is 4.45. The van der Waals surface area contributed by atoms with Crippen LogP contribution in [0.25, 0.3) is 0 Å². The summed E-state index contributed by atoms with van der Waals surface area (Å²) in [6.45, 7) is 1.44. The van der Waals surface area contributed by atoms with Crippen molar-refractivity contribution in [2.45, 2.75) is 19.8 Å². The van der Waals surface area contributed by atoms with Gasteiger partial charge in [0.05, 0.1) is 5.71 Å². The lowest BCUT2D eigenvalue weighted by atomic mass is 10.0. The van der Waals surface area contributed by atoms with Crippen LogP contribution in [0.15, 0.2) is 90.0 Å². The number of carbonyl (C=O) groups is 2. The van der Waals surface area contributed by atoms with E-state index in [1.165, 1.54) is 0 Å². The van der Waals surface area contributed by atoms with Crippen LogP contribution in [0.4, 0.5) is 0 Å². The second-order valence-corrected chi connectivity index (χ2v) is 6.86. The summed E-state index contributed by atoms with van der Waals surface area (Å²) >= 11 is 0. The van der Waals surface area contributed by atoms with E-state index < -0.39 is 0 Å². The number of Topliss-reactive ketones (excluding diaryl/α,β-unsaturated/α-hetero) is 1. The maximum Gasteiger partial charge on any atom is 0.277 e. The van der Waals surface area contributed by atoms with E-state index in [2.05, 4.69) is 10.5 Å². The van der Waals surface area contributed by atoms with E-state index >= 15 is 0 Å². The minimum absolute atomic E-state index is 0.146. The van der Waals surface area contributed by atoms with E-state index in [1.807, 2.05) is 72.8 Å². The van der Waals surface area contributed by atoms with E-state index in [-0.39, 0.29) is 18.3 Å². The van der Waals surface area contributed by atoms with E-state index in [4.69, 9.17) is 4.74 Å². The van der Waals surface area contributed by atoms with Crippen molar-refractivity contribution in [2.24, 2.45) is 5.10 Å². The van der Waals surface area contributed by atoms with Gasteiger partial charge in [0.15, 0.2) is 6.61 Å². The van der Waals surface area contributed by atoms with Crippen molar-refractivity contribution in [2.75, 3.05) is 6.61 Å². The Hall–Kier alpha value is -3.73. The Balaban J connectivity index is 1.60. The fraction of sp³-hybridized carbons (Fsp3) is 0.160. The molecule has 0 aromatic heterocycles. The van der Waals surface area contributed by atoms with E-state index in [0.29, 0.717) is 24.3 Å². The Labute approximate surface area is 176 Å². The van der Waals surface area contributed by atoms with Crippen LogP contribution in [0.1, 0.15) is 30.0 Å². The second-order valence-electron chi connectivity index (χ2n) is 6.86. The van der Waals surface area contributed by atoms with Crippen molar-refractivity contribution >= 4 is 17.4 Å². The van der Waals surface area contributed by atoms with Gasteiger partial charge in [-0.2, -0.15) is 5.10 Å². The average molecular weight is 400 g/mol. The summed E-state index contributed by atoms with van der Waals surface area (Å²) in [6.07, 6.45) is 1.22. The van der Waals surface area contributed by atoms with Gasteiger partial charge in [-0.3, -0.25) is 4.79 Å². The molecular formula is C25H24N2O3. The first-order chi connectivity index (χ1) is 14.6. The molecule has 0 atom stereocenters. The lowest BCUT2D eigenvalue weighted by Crippen LogP contribution is -2.26. The Kier molecular flexibility index (Phi) is 7.50. The van der Waals surface area contributed by atoms with Gasteiger partial charge < -0.3 is 9.53 Å². The normalized spacial score (nSPS) is 10.2. The molecule has 0 saturated heterocycles. The molecule has 0 radical (unpaired) electrons. The molecule has 30 heavy (non-hydrogen) atoms. The fourth-order valence-electron chi connectivity index (χ4n) is 2.86. The number of hydrazone groups is 1. The zero-order chi connectivity index (χ0) is 21.2. The van der Waals surface area contributed by atoms with Gasteiger partial charge in [-0.1, -0.05) is 72.8 Å². The van der Waals surface area contributed by atoms with Crippen LogP contribution in [0.5, 0.6) is 5.75 Å². The molecule has 0 saturated carbocycles. The van der Waals surface area contributed by atoms with Gasteiger partial charge in [0, 0.05) is 17.5 Å². The number of ether oxygens (including phenoxy) is 1. The lowest BCUT2D eigenvalue weighted by molar-refractivity contribution is -0.123. The first kappa shape index (κ1) is 21.0. The first-order valence-electron chi connectivity index (χ1n) is 9.80. The van der Waals surface area contributed by atoms with Crippen molar-refractivity contribution in [1.29, 1.82) is 0 Å². The summed E-state index contributed by atoms with van der Waals surface area (Å²) < 4.78 is 5.54. The summed E-state index contributed by atoms with van der Waals surface area (Å²) in [5.74, 6) is 0.407. The minimum atomic E-state index is -0.347. The van der Waals surface area contributed by atoms with Crippen LogP contribution in [-0.2, 0) is 16.0 Å². The number of hydrogen-bond acceptors (Lipinski definition) is 4. The van der Waals surface area contributed by atoms with Gasteiger partial charge in [0.2, 0.25) is 0 Å². The molecule has 152 valence electrons. The highest BCUT2D eigenvalue weighted by molar-refractivity contribution is 6.13. The molecule has 1 N–H and O–H groups in total. The molecule has 3 aromatic carbocycles. The van der Waals surface area contributed by atoms with Crippen molar-refractivity contribution in [1.82, 2.24) is 5.43 Å². The van der Waals surface area contributed by atoms with Gasteiger partial charge >= 0.3 is 0 Å². The summed E-state index contributed by atoms with van der Waals surface area (Å²) in [6, 6.07) is 26.8. The van der Waals surface area contributed by atoms with E-state index in [9.17, 15) is 9.59 Å². The fourth-order valence-corrected chi connectivity index (χ4v) is 2.86. The monoisotopic (exact) mass is 400 g/mol. The van der Waals surface area contributed by atoms with Crippen molar-refractivity contribution in [3.05, 3.63) is 102 Å². The van der Waals surface area contributed by atoms with Crippen molar-refractivity contribution < 1.29 is 14.3 Å². The Bertz CT molecular complexity index is 956. The summed E-state index contributed by atoms with van der Waals surface area (Å²) in [5.41, 5.74) is 6.13. The zero-order valence-electron chi connectivity index (χ0n) is 16.9. The minimum Gasteiger partial charge on any atom is -0.484 e. The van der Waals surface area contributed by atoms with Gasteiger partial charge in [0.25, 0.3) is 5.91 Å². The molecule has 5 heteroatoms. The number of aryl methyl sites for hydroxylation is 1. The number of hydrogen-bond donors (Lipinski definition) is 1. The third kappa shape index (κ3) is 6.41. The lowest BCUT2D eigenvalue weighted by Gasteiger charge is -2.09. The van der Waals surface area contributed by atoms with Crippen LogP contribution < -0.4 is 10.2 Å². The molecule has 1 amide bonds. The van der Waals surface area contributed by atoms with Crippen LogP contribution in [0.2, 0.25) is 0 Å². The number of amides is 1. The smallest absolute Gasteiger partial charge is 0.277 e. The maximum atomic E-state index is 12.2. The Morgan fingerprint density at radius 1 is 0.833 bits per heavy atom. The standard InChI is InChI=1S/C25H24N2O3/c1-19(28)12-13-20-14-16-23(17-15-20)30-18-24(29)26-27-25(21-8-4-2-5-9-21)22-10-6-3-7-11-22/h2-11,14-17H,12-13,18H2,1H3,(H,26,29). The molecule has 0 unspecified atom stereocenters. The zero-order valence-corrected chi connectivity index (χ0v) is 16.9. The molecule has 0 aliphatic carbocycles. The molecule has 0 bridgehead atoms. The molecule has 0 fully saturated rings. The first-order valence-corrected chi connectivity index (χ1v) is 9.80. The van der Waals surface area contributed by atoms with Crippen LogP contribution in [-0.4, -0.2) is 24.0 Å². The largest absolute Gasteiger partial charge is 0.484 e. The summed E-state index contributed by atoms with van der Waals surface area (Å²) in [7, 11) is 0. The molecule has 3 rings (SSSR count). The number of nitrogens with one attached hydrogen (secondary N) is 1. The van der Waals surface area contributed by atoms with Crippen LogP contribution in [0, 0.1) is 0 Å². The summed E-state index contributed by atoms with van der Waals surface area (Å²) in [5, 5.41) is 4.34. The number of carbonyl (C=O) groups excluding carboxylic acids is 2.